The Hall–Kier alpha value is -0.910. The molecule has 0 radical (unpaired) electrons. The molecule has 2 bridgehead atoms. The quantitative estimate of drug-likeness (QED) is 0.911. The van der Waals surface area contributed by atoms with Gasteiger partial charge in [-0.15, -0.1) is 0 Å². The van der Waals surface area contributed by atoms with E-state index in [1.54, 1.807) is 16.4 Å². The maximum absolute atomic E-state index is 12.8. The highest BCUT2D eigenvalue weighted by Gasteiger charge is 2.44. The van der Waals surface area contributed by atoms with Gasteiger partial charge >= 0.3 is 0 Å². The van der Waals surface area contributed by atoms with Crippen LogP contribution in [0.25, 0.3) is 0 Å². The van der Waals surface area contributed by atoms with Crippen LogP contribution in [0.1, 0.15) is 24.8 Å². The standard InChI is InChI=1S/C14H20N2O2S/c1-15-9-12-4-2-3-5-14(12)19(17,18)16-10-11-6-7-13(16)8-11/h2-5,11,13,15H,6-10H2,1H3. The van der Waals surface area contributed by atoms with Gasteiger partial charge in [0.15, 0.2) is 0 Å². The van der Waals surface area contributed by atoms with Crippen LogP contribution in [-0.4, -0.2) is 32.4 Å². The van der Waals surface area contributed by atoms with E-state index >= 15 is 0 Å². The molecule has 1 saturated carbocycles. The topological polar surface area (TPSA) is 49.4 Å². The van der Waals surface area contributed by atoms with Crippen LogP contribution < -0.4 is 5.32 Å². The Morgan fingerprint density at radius 1 is 1.32 bits per heavy atom. The lowest BCUT2D eigenvalue weighted by Crippen LogP contribution is -2.38. The van der Waals surface area contributed by atoms with Gasteiger partial charge in [0.2, 0.25) is 10.0 Å². The molecule has 2 atom stereocenters. The van der Waals surface area contributed by atoms with E-state index in [0.717, 1.165) is 18.4 Å². The van der Waals surface area contributed by atoms with Gasteiger partial charge in [0, 0.05) is 19.1 Å². The first-order valence-corrected chi connectivity index (χ1v) is 8.31. The average Bonchev–Trinajstić information content (AvgIpc) is 3.02. The molecule has 19 heavy (non-hydrogen) atoms. The molecular weight excluding hydrogens is 260 g/mol. The lowest BCUT2D eigenvalue weighted by atomic mass is 10.1. The molecule has 4 nitrogen and oxygen atoms in total. The molecule has 0 amide bonds. The van der Waals surface area contributed by atoms with Crippen LogP contribution in [0.15, 0.2) is 29.2 Å². The second-order valence-corrected chi connectivity index (χ2v) is 7.40. The van der Waals surface area contributed by atoms with Crippen LogP contribution in [0.3, 0.4) is 0 Å². The van der Waals surface area contributed by atoms with Crippen molar-refractivity contribution in [2.24, 2.45) is 5.92 Å². The largest absolute Gasteiger partial charge is 0.316 e. The molecule has 104 valence electrons. The maximum Gasteiger partial charge on any atom is 0.243 e. The molecular formula is C14H20N2O2S. The predicted molar refractivity (Wildman–Crippen MR) is 74.2 cm³/mol. The second kappa shape index (κ2) is 4.89. The van der Waals surface area contributed by atoms with Gasteiger partial charge in [0.1, 0.15) is 0 Å². The van der Waals surface area contributed by atoms with Crippen LogP contribution in [0.2, 0.25) is 0 Å². The van der Waals surface area contributed by atoms with E-state index in [4.69, 9.17) is 0 Å². The Morgan fingerprint density at radius 2 is 2.11 bits per heavy atom. The number of rotatable bonds is 4. The molecule has 2 aliphatic rings. The Kier molecular flexibility index (Phi) is 3.37. The third kappa shape index (κ3) is 2.20. The van der Waals surface area contributed by atoms with Crippen molar-refractivity contribution >= 4 is 10.0 Å². The van der Waals surface area contributed by atoms with Gasteiger partial charge < -0.3 is 5.32 Å². The van der Waals surface area contributed by atoms with Crippen molar-refractivity contribution in [3.8, 4) is 0 Å². The van der Waals surface area contributed by atoms with E-state index in [2.05, 4.69) is 5.32 Å². The van der Waals surface area contributed by atoms with Crippen molar-refractivity contribution in [1.82, 2.24) is 9.62 Å². The zero-order chi connectivity index (χ0) is 13.5. The highest BCUT2D eigenvalue weighted by Crippen LogP contribution is 2.40. The molecule has 0 spiro atoms. The highest BCUT2D eigenvalue weighted by atomic mass is 32.2. The summed E-state index contributed by atoms with van der Waals surface area (Å²) >= 11 is 0. The molecule has 1 saturated heterocycles. The number of nitrogens with one attached hydrogen (secondary N) is 1. The number of hydrogen-bond donors (Lipinski definition) is 1. The Bertz CT molecular complexity index is 571. The molecule has 1 aromatic rings. The fourth-order valence-corrected chi connectivity index (χ4v) is 5.36. The number of fused-ring (bicyclic) bond motifs is 2. The van der Waals surface area contributed by atoms with Gasteiger partial charge in [0.05, 0.1) is 4.90 Å². The van der Waals surface area contributed by atoms with Crippen molar-refractivity contribution < 1.29 is 8.42 Å². The van der Waals surface area contributed by atoms with Crippen LogP contribution in [0.5, 0.6) is 0 Å². The summed E-state index contributed by atoms with van der Waals surface area (Å²) in [5.41, 5.74) is 0.854. The summed E-state index contributed by atoms with van der Waals surface area (Å²) in [5, 5.41) is 3.04. The van der Waals surface area contributed by atoms with Crippen molar-refractivity contribution in [1.29, 1.82) is 0 Å². The van der Waals surface area contributed by atoms with Crippen LogP contribution in [0.4, 0.5) is 0 Å². The fraction of sp³-hybridized carbons (Fsp3) is 0.571. The molecule has 0 aromatic heterocycles. The SMILES string of the molecule is CNCc1ccccc1S(=O)(=O)N1CC2CCC1C2. The van der Waals surface area contributed by atoms with E-state index in [9.17, 15) is 8.42 Å². The molecule has 1 aliphatic carbocycles. The highest BCUT2D eigenvalue weighted by molar-refractivity contribution is 7.89. The molecule has 2 unspecified atom stereocenters. The minimum Gasteiger partial charge on any atom is -0.316 e. The van der Waals surface area contributed by atoms with Crippen molar-refractivity contribution in [2.75, 3.05) is 13.6 Å². The van der Waals surface area contributed by atoms with Gasteiger partial charge in [-0.05, 0) is 43.9 Å². The predicted octanol–water partition coefficient (Wildman–Crippen LogP) is 1.58. The third-order valence-corrected chi connectivity index (χ3v) is 6.30. The van der Waals surface area contributed by atoms with E-state index in [0.29, 0.717) is 23.9 Å². The molecule has 1 aliphatic heterocycles. The summed E-state index contributed by atoms with van der Waals surface area (Å²) in [4.78, 5) is 0.469. The summed E-state index contributed by atoms with van der Waals surface area (Å²) in [6, 6.07) is 7.55. The summed E-state index contributed by atoms with van der Waals surface area (Å²) in [6.07, 6.45) is 3.26. The lowest BCUT2D eigenvalue weighted by molar-refractivity contribution is 0.333. The van der Waals surface area contributed by atoms with E-state index in [-0.39, 0.29) is 6.04 Å². The normalized spacial score (nSPS) is 27.0. The smallest absolute Gasteiger partial charge is 0.243 e. The first-order chi connectivity index (χ1) is 9.13. The zero-order valence-electron chi connectivity index (χ0n) is 11.2. The minimum absolute atomic E-state index is 0.234. The van der Waals surface area contributed by atoms with Gasteiger partial charge in [-0.25, -0.2) is 8.42 Å². The number of nitrogens with zero attached hydrogens (tertiary/aromatic N) is 1. The van der Waals surface area contributed by atoms with Crippen molar-refractivity contribution in [3.63, 3.8) is 0 Å². The summed E-state index contributed by atoms with van der Waals surface area (Å²) in [6.45, 7) is 1.29. The first-order valence-electron chi connectivity index (χ1n) is 6.87. The lowest BCUT2D eigenvalue weighted by Gasteiger charge is -2.27. The number of benzene rings is 1. The first kappa shape index (κ1) is 13.1. The Morgan fingerprint density at radius 3 is 2.74 bits per heavy atom. The van der Waals surface area contributed by atoms with E-state index in [1.807, 2.05) is 19.2 Å². The fourth-order valence-electron chi connectivity index (χ4n) is 3.39. The number of piperidine rings is 1. The molecule has 1 aromatic carbocycles. The zero-order valence-corrected chi connectivity index (χ0v) is 12.0. The monoisotopic (exact) mass is 280 g/mol. The van der Waals surface area contributed by atoms with Gasteiger partial charge in [-0.3, -0.25) is 0 Å². The van der Waals surface area contributed by atoms with Gasteiger partial charge in [0.25, 0.3) is 0 Å². The Balaban J connectivity index is 1.96. The average molecular weight is 280 g/mol. The second-order valence-electron chi connectivity index (χ2n) is 5.55. The van der Waals surface area contributed by atoms with Gasteiger partial charge in [-0.1, -0.05) is 18.2 Å². The Labute approximate surface area is 114 Å². The van der Waals surface area contributed by atoms with Crippen LogP contribution in [0, 0.1) is 5.92 Å². The number of hydrogen-bond acceptors (Lipinski definition) is 3. The maximum atomic E-state index is 12.8. The van der Waals surface area contributed by atoms with E-state index in [1.165, 1.54) is 6.42 Å². The third-order valence-electron chi connectivity index (χ3n) is 4.29. The van der Waals surface area contributed by atoms with E-state index < -0.39 is 10.0 Å². The van der Waals surface area contributed by atoms with Crippen molar-refractivity contribution in [3.05, 3.63) is 29.8 Å². The summed E-state index contributed by atoms with van der Waals surface area (Å²) < 4.78 is 27.4. The van der Waals surface area contributed by atoms with Crippen molar-refractivity contribution in [2.45, 2.75) is 36.7 Å². The molecule has 1 N–H and O–H groups in total. The molecule has 3 rings (SSSR count). The van der Waals surface area contributed by atoms with Gasteiger partial charge in [-0.2, -0.15) is 4.31 Å². The van der Waals surface area contributed by atoms with Crippen LogP contribution in [-0.2, 0) is 16.6 Å². The molecule has 5 heteroatoms. The summed E-state index contributed by atoms with van der Waals surface area (Å²) in [5.74, 6) is 0.580. The van der Waals surface area contributed by atoms with Crippen LogP contribution >= 0.6 is 0 Å². The molecule has 2 fully saturated rings. The summed E-state index contributed by atoms with van der Waals surface area (Å²) in [7, 11) is -1.49. The minimum atomic E-state index is -3.33. The molecule has 1 heterocycles. The number of sulfonamides is 1.